The molecule has 192 valence electrons. The number of hydrogen-bond acceptors (Lipinski definition) is 7. The molecule has 1 amide bonds. The molecule has 3 N–H and O–H groups in total. The molecule has 0 radical (unpaired) electrons. The Morgan fingerprint density at radius 2 is 1.81 bits per heavy atom. The van der Waals surface area contributed by atoms with Crippen molar-refractivity contribution < 1.29 is 14.3 Å². The monoisotopic (exact) mass is 502 g/mol. The Morgan fingerprint density at radius 1 is 1.11 bits per heavy atom. The molecule has 1 saturated heterocycles. The van der Waals surface area contributed by atoms with Crippen LogP contribution >= 0.6 is 0 Å². The second-order valence-electron chi connectivity index (χ2n) is 10.1. The highest BCUT2D eigenvalue weighted by Gasteiger charge is 2.33. The minimum atomic E-state index is -0.594. The predicted octanol–water partition coefficient (Wildman–Crippen LogP) is 4.56. The Bertz CT molecular complexity index is 1470. The topological polar surface area (TPSA) is 128 Å². The average Bonchev–Trinajstić information content (AvgIpc) is 3.48. The van der Waals surface area contributed by atoms with Gasteiger partial charge in [0, 0.05) is 12.1 Å². The fourth-order valence-electron chi connectivity index (χ4n) is 4.58. The van der Waals surface area contributed by atoms with Gasteiger partial charge in [-0.25, -0.2) is 9.89 Å². The van der Waals surface area contributed by atoms with Gasteiger partial charge >= 0.3 is 6.09 Å². The van der Waals surface area contributed by atoms with E-state index in [1.807, 2.05) is 75.4 Å². The van der Waals surface area contributed by atoms with Crippen LogP contribution in [0.15, 0.2) is 59.4 Å². The molecule has 10 nitrogen and oxygen atoms in total. The number of ether oxygens (including phenoxy) is 2. The molecule has 10 heteroatoms. The molecule has 1 aliphatic rings. The summed E-state index contributed by atoms with van der Waals surface area (Å²) in [5.41, 5.74) is 6.86. The van der Waals surface area contributed by atoms with Crippen LogP contribution in [0.2, 0.25) is 0 Å². The number of carbonyl (C=O) groups is 1. The number of rotatable bonds is 5. The van der Waals surface area contributed by atoms with Crippen molar-refractivity contribution >= 4 is 22.8 Å². The second kappa shape index (κ2) is 9.61. The van der Waals surface area contributed by atoms with Gasteiger partial charge in [-0.15, -0.1) is 0 Å². The Balaban J connectivity index is 1.47. The third-order valence-electron chi connectivity index (χ3n) is 6.20. The number of benzene rings is 2. The Morgan fingerprint density at radius 3 is 2.51 bits per heavy atom. The van der Waals surface area contributed by atoms with Gasteiger partial charge in [0.05, 0.1) is 18.0 Å². The van der Waals surface area contributed by atoms with Gasteiger partial charge in [0.15, 0.2) is 5.82 Å². The van der Waals surface area contributed by atoms with Crippen molar-refractivity contribution in [2.75, 3.05) is 12.3 Å². The van der Waals surface area contributed by atoms with Crippen molar-refractivity contribution in [3.8, 4) is 22.8 Å². The van der Waals surface area contributed by atoms with E-state index in [0.29, 0.717) is 35.4 Å². The van der Waals surface area contributed by atoms with Crippen LogP contribution in [0.1, 0.15) is 33.6 Å². The highest BCUT2D eigenvalue weighted by molar-refractivity contribution is 5.99. The number of carbonyl (C=O) groups excluding carboxylic acids is 1. The van der Waals surface area contributed by atoms with Gasteiger partial charge in [-0.3, -0.25) is 9.48 Å². The number of anilines is 1. The molecule has 0 spiro atoms. The smallest absolute Gasteiger partial charge is 0.410 e. The number of nitrogens with zero attached hydrogens (tertiary/aromatic N) is 4. The summed E-state index contributed by atoms with van der Waals surface area (Å²) in [5, 5.41) is 11.7. The fourth-order valence-corrected chi connectivity index (χ4v) is 4.58. The van der Waals surface area contributed by atoms with Crippen molar-refractivity contribution in [2.24, 2.45) is 0 Å². The SMILES string of the molecule is CC(C)(C)OC(=O)N1CCC[C@H]1Cn1nc(-c2ccc(Oc3ccccc3)cc2)c2c(N)n[nH]c(=O)c21. The van der Waals surface area contributed by atoms with Crippen molar-refractivity contribution in [1.29, 1.82) is 0 Å². The number of fused-ring (bicyclic) bond motifs is 1. The highest BCUT2D eigenvalue weighted by Crippen LogP contribution is 2.32. The van der Waals surface area contributed by atoms with Crippen molar-refractivity contribution in [3.63, 3.8) is 0 Å². The van der Waals surface area contributed by atoms with Gasteiger partial charge in [-0.2, -0.15) is 10.2 Å². The molecule has 2 aromatic heterocycles. The highest BCUT2D eigenvalue weighted by atomic mass is 16.6. The molecule has 37 heavy (non-hydrogen) atoms. The number of amides is 1. The predicted molar refractivity (Wildman–Crippen MR) is 140 cm³/mol. The molecule has 1 fully saturated rings. The Hall–Kier alpha value is -4.34. The van der Waals surface area contributed by atoms with Gasteiger partial charge in [0.2, 0.25) is 0 Å². The molecule has 0 aliphatic carbocycles. The van der Waals surface area contributed by atoms with Crippen LogP contribution in [-0.4, -0.2) is 49.2 Å². The van der Waals surface area contributed by atoms with E-state index in [4.69, 9.17) is 20.3 Å². The summed E-state index contributed by atoms with van der Waals surface area (Å²) in [4.78, 5) is 27.4. The van der Waals surface area contributed by atoms with Gasteiger partial charge in [0.1, 0.15) is 28.3 Å². The van der Waals surface area contributed by atoms with E-state index < -0.39 is 11.2 Å². The summed E-state index contributed by atoms with van der Waals surface area (Å²) in [6.45, 7) is 6.45. The van der Waals surface area contributed by atoms with Crippen LogP contribution in [-0.2, 0) is 11.3 Å². The number of nitrogen functional groups attached to an aromatic ring is 1. The third kappa shape index (κ3) is 5.13. The number of nitrogens with two attached hydrogens (primary N) is 1. The van der Waals surface area contributed by atoms with E-state index in [2.05, 4.69) is 10.2 Å². The zero-order valence-corrected chi connectivity index (χ0v) is 21.1. The van der Waals surface area contributed by atoms with Crippen LogP contribution in [0.3, 0.4) is 0 Å². The van der Waals surface area contributed by atoms with E-state index in [0.717, 1.165) is 24.2 Å². The molecule has 0 unspecified atom stereocenters. The molecule has 5 rings (SSSR count). The first kappa shape index (κ1) is 24.4. The van der Waals surface area contributed by atoms with E-state index in [-0.39, 0.29) is 18.0 Å². The zero-order chi connectivity index (χ0) is 26.2. The molecule has 1 atom stereocenters. The maximum Gasteiger partial charge on any atom is 0.410 e. The van der Waals surface area contributed by atoms with Crippen molar-refractivity contribution in [2.45, 2.75) is 51.8 Å². The van der Waals surface area contributed by atoms with Crippen LogP contribution in [0.25, 0.3) is 22.2 Å². The Labute approximate surface area is 214 Å². The number of para-hydroxylation sites is 1. The van der Waals surface area contributed by atoms with Gasteiger partial charge < -0.3 is 20.1 Å². The zero-order valence-electron chi connectivity index (χ0n) is 21.1. The molecular formula is C27H30N6O4. The second-order valence-corrected chi connectivity index (χ2v) is 10.1. The van der Waals surface area contributed by atoms with E-state index >= 15 is 0 Å². The molecule has 3 heterocycles. The quantitative estimate of drug-likeness (QED) is 0.409. The number of nitrogens with one attached hydrogen (secondary N) is 1. The van der Waals surface area contributed by atoms with Crippen LogP contribution in [0.5, 0.6) is 11.5 Å². The largest absolute Gasteiger partial charge is 0.457 e. The first-order valence-corrected chi connectivity index (χ1v) is 12.3. The van der Waals surface area contributed by atoms with Crippen molar-refractivity contribution in [3.05, 3.63) is 65.0 Å². The summed E-state index contributed by atoms with van der Waals surface area (Å²) < 4.78 is 13.1. The van der Waals surface area contributed by atoms with Crippen molar-refractivity contribution in [1.82, 2.24) is 24.9 Å². The number of likely N-dealkylation sites (tertiary alicyclic amines) is 1. The van der Waals surface area contributed by atoms with Gasteiger partial charge in [-0.05, 0) is 70.0 Å². The summed E-state index contributed by atoms with van der Waals surface area (Å²) in [7, 11) is 0. The minimum absolute atomic E-state index is 0.166. The standard InChI is InChI=1S/C27H30N6O4/c1-27(2,3)37-26(35)32-15-7-8-18(32)16-33-23-21(24(28)29-30-25(23)34)22(31-33)17-11-13-20(14-12-17)36-19-9-5-4-6-10-19/h4-6,9-14,18H,7-8,15-16H2,1-3H3,(H2,28,29)(H,30,34)/t18-/m0/s1. The lowest BCUT2D eigenvalue weighted by molar-refractivity contribution is 0.0212. The van der Waals surface area contributed by atoms with Gasteiger partial charge in [0.25, 0.3) is 5.56 Å². The van der Waals surface area contributed by atoms with E-state index in [1.165, 1.54) is 0 Å². The molecule has 0 bridgehead atoms. The van der Waals surface area contributed by atoms with E-state index in [1.54, 1.807) is 9.58 Å². The number of aromatic nitrogens is 4. The van der Waals surface area contributed by atoms with Crippen LogP contribution in [0.4, 0.5) is 10.6 Å². The summed E-state index contributed by atoms with van der Waals surface area (Å²) in [6.07, 6.45) is 1.26. The lowest BCUT2D eigenvalue weighted by atomic mass is 10.1. The normalized spacial score (nSPS) is 15.8. The number of H-pyrrole nitrogens is 1. The maximum absolute atomic E-state index is 12.9. The molecule has 1 aliphatic heterocycles. The average molecular weight is 503 g/mol. The van der Waals surface area contributed by atoms with E-state index in [9.17, 15) is 9.59 Å². The molecule has 0 saturated carbocycles. The maximum atomic E-state index is 12.9. The van der Waals surface area contributed by atoms with Crippen LogP contribution in [0, 0.1) is 0 Å². The number of hydrogen-bond donors (Lipinski definition) is 2. The summed E-state index contributed by atoms with van der Waals surface area (Å²) >= 11 is 0. The third-order valence-corrected chi connectivity index (χ3v) is 6.20. The fraction of sp³-hybridized carbons (Fsp3) is 0.333. The lowest BCUT2D eigenvalue weighted by Crippen LogP contribution is -2.41. The minimum Gasteiger partial charge on any atom is -0.457 e. The molecule has 2 aromatic carbocycles. The van der Waals surface area contributed by atoms with Crippen LogP contribution < -0.4 is 16.0 Å². The lowest BCUT2D eigenvalue weighted by Gasteiger charge is -2.28. The first-order chi connectivity index (χ1) is 17.7. The summed E-state index contributed by atoms with van der Waals surface area (Å²) in [5.74, 6) is 1.58. The summed E-state index contributed by atoms with van der Waals surface area (Å²) in [6, 6.07) is 16.7. The molecule has 4 aromatic rings. The Kier molecular flexibility index (Phi) is 6.32. The first-order valence-electron chi connectivity index (χ1n) is 12.3. The molecular weight excluding hydrogens is 472 g/mol. The van der Waals surface area contributed by atoms with Gasteiger partial charge in [-0.1, -0.05) is 18.2 Å². The number of aromatic amines is 1.